The first-order chi connectivity index (χ1) is 9.67. The lowest BCUT2D eigenvalue weighted by Crippen LogP contribution is -2.45. The zero-order valence-corrected chi connectivity index (χ0v) is 12.1. The van der Waals surface area contributed by atoms with Crippen molar-refractivity contribution in [3.8, 4) is 0 Å². The van der Waals surface area contributed by atoms with Crippen LogP contribution in [0.25, 0.3) is 0 Å². The Kier molecular flexibility index (Phi) is 4.94. The predicted molar refractivity (Wildman–Crippen MR) is 74.2 cm³/mol. The molecule has 7 heteroatoms. The fraction of sp³-hybridized carbons (Fsp3) is 0.769. The van der Waals surface area contributed by atoms with Crippen LogP contribution in [0, 0.1) is 0 Å². The minimum atomic E-state index is -0.259. The first-order valence-corrected chi connectivity index (χ1v) is 7.29. The Bertz CT molecular complexity index is 456. The van der Waals surface area contributed by atoms with E-state index in [1.54, 1.807) is 0 Å². The predicted octanol–water partition coefficient (Wildman–Crippen LogP) is 0.745. The number of aromatic nitrogens is 3. The summed E-state index contributed by atoms with van der Waals surface area (Å²) in [7, 11) is 0. The number of hydrogen-bond donors (Lipinski definition) is 3. The molecule has 0 fully saturated rings. The lowest BCUT2D eigenvalue weighted by molar-refractivity contribution is 0.209. The van der Waals surface area contributed by atoms with E-state index in [0.717, 1.165) is 37.5 Å². The second-order valence-corrected chi connectivity index (χ2v) is 5.06. The van der Waals surface area contributed by atoms with E-state index in [2.05, 4.69) is 20.7 Å². The Morgan fingerprint density at radius 1 is 1.55 bits per heavy atom. The Morgan fingerprint density at radius 3 is 3.00 bits per heavy atom. The molecule has 0 saturated carbocycles. The molecule has 0 bridgehead atoms. The Balaban J connectivity index is 2.00. The van der Waals surface area contributed by atoms with E-state index in [4.69, 9.17) is 5.11 Å². The number of fused-ring (bicyclic) bond motifs is 1. The van der Waals surface area contributed by atoms with E-state index in [0.29, 0.717) is 6.42 Å². The van der Waals surface area contributed by atoms with Crippen molar-refractivity contribution in [2.45, 2.75) is 58.2 Å². The molecule has 0 radical (unpaired) electrons. The summed E-state index contributed by atoms with van der Waals surface area (Å²) >= 11 is 0. The van der Waals surface area contributed by atoms with Crippen LogP contribution in [0.3, 0.4) is 0 Å². The highest BCUT2D eigenvalue weighted by atomic mass is 16.3. The summed E-state index contributed by atoms with van der Waals surface area (Å²) in [6, 6.07) is -0.569. The van der Waals surface area contributed by atoms with Gasteiger partial charge in [0.1, 0.15) is 5.82 Å². The van der Waals surface area contributed by atoms with E-state index < -0.39 is 0 Å². The quantitative estimate of drug-likeness (QED) is 0.742. The van der Waals surface area contributed by atoms with Crippen LogP contribution >= 0.6 is 0 Å². The van der Waals surface area contributed by atoms with Crippen molar-refractivity contribution in [3.63, 3.8) is 0 Å². The highest BCUT2D eigenvalue weighted by molar-refractivity contribution is 5.74. The third kappa shape index (κ3) is 3.27. The molecule has 0 aromatic carbocycles. The standard InChI is InChI=1S/C13H23N5O2/c1-3-9(8-19)14-13(20)15-10-6-5-7-18-12(10)16-11(4-2)17-18/h9-10,19H,3-8H2,1-2H3,(H2,14,15,20). The summed E-state index contributed by atoms with van der Waals surface area (Å²) in [5.41, 5.74) is 0. The normalized spacial score (nSPS) is 19.2. The highest BCUT2D eigenvalue weighted by Crippen LogP contribution is 2.23. The van der Waals surface area contributed by atoms with E-state index in [1.807, 2.05) is 18.5 Å². The number of amides is 2. The second-order valence-electron chi connectivity index (χ2n) is 5.06. The van der Waals surface area contributed by atoms with Crippen LogP contribution in [0.2, 0.25) is 0 Å². The van der Waals surface area contributed by atoms with Crippen molar-refractivity contribution in [2.24, 2.45) is 0 Å². The number of aliphatic hydroxyl groups is 1. The van der Waals surface area contributed by atoms with Crippen LogP contribution in [0.4, 0.5) is 4.79 Å². The Morgan fingerprint density at radius 2 is 2.35 bits per heavy atom. The van der Waals surface area contributed by atoms with Gasteiger partial charge in [0, 0.05) is 13.0 Å². The van der Waals surface area contributed by atoms with Crippen molar-refractivity contribution < 1.29 is 9.90 Å². The molecular formula is C13H23N5O2. The van der Waals surface area contributed by atoms with Gasteiger partial charge in [-0.2, -0.15) is 5.10 Å². The van der Waals surface area contributed by atoms with Gasteiger partial charge in [-0.15, -0.1) is 0 Å². The molecule has 1 aromatic rings. The van der Waals surface area contributed by atoms with E-state index in [9.17, 15) is 4.79 Å². The van der Waals surface area contributed by atoms with Crippen LogP contribution in [-0.4, -0.2) is 38.6 Å². The summed E-state index contributed by atoms with van der Waals surface area (Å²) < 4.78 is 1.89. The van der Waals surface area contributed by atoms with Gasteiger partial charge in [-0.05, 0) is 19.3 Å². The van der Waals surface area contributed by atoms with Gasteiger partial charge in [-0.3, -0.25) is 0 Å². The zero-order valence-electron chi connectivity index (χ0n) is 12.1. The highest BCUT2D eigenvalue weighted by Gasteiger charge is 2.25. The molecule has 2 unspecified atom stereocenters. The van der Waals surface area contributed by atoms with Crippen LogP contribution in [0.5, 0.6) is 0 Å². The van der Waals surface area contributed by atoms with Crippen molar-refractivity contribution in [3.05, 3.63) is 11.6 Å². The van der Waals surface area contributed by atoms with Crippen molar-refractivity contribution >= 4 is 6.03 Å². The molecule has 7 nitrogen and oxygen atoms in total. The second kappa shape index (κ2) is 6.69. The molecule has 0 spiro atoms. The number of hydrogen-bond acceptors (Lipinski definition) is 4. The number of nitrogens with zero attached hydrogens (tertiary/aromatic N) is 3. The lowest BCUT2D eigenvalue weighted by Gasteiger charge is -2.24. The average molecular weight is 281 g/mol. The summed E-state index contributed by atoms with van der Waals surface area (Å²) in [4.78, 5) is 16.4. The van der Waals surface area contributed by atoms with E-state index in [1.165, 1.54) is 0 Å². The number of carbonyl (C=O) groups excluding carboxylic acids is 1. The molecule has 112 valence electrons. The summed E-state index contributed by atoms with van der Waals surface area (Å²) in [6.07, 6.45) is 3.33. The number of rotatable bonds is 5. The molecule has 2 atom stereocenters. The van der Waals surface area contributed by atoms with Crippen molar-refractivity contribution in [1.82, 2.24) is 25.4 Å². The maximum absolute atomic E-state index is 11.9. The number of urea groups is 1. The van der Waals surface area contributed by atoms with Gasteiger partial charge >= 0.3 is 6.03 Å². The molecule has 20 heavy (non-hydrogen) atoms. The smallest absolute Gasteiger partial charge is 0.315 e. The topological polar surface area (TPSA) is 92.1 Å². The van der Waals surface area contributed by atoms with E-state index in [-0.39, 0.29) is 24.7 Å². The van der Waals surface area contributed by atoms with Crippen molar-refractivity contribution in [2.75, 3.05) is 6.61 Å². The zero-order chi connectivity index (χ0) is 14.5. The maximum Gasteiger partial charge on any atom is 0.315 e. The fourth-order valence-electron chi connectivity index (χ4n) is 2.35. The van der Waals surface area contributed by atoms with Gasteiger partial charge in [-0.25, -0.2) is 14.5 Å². The maximum atomic E-state index is 11.9. The third-order valence-corrected chi connectivity index (χ3v) is 3.59. The van der Waals surface area contributed by atoms with Gasteiger partial charge < -0.3 is 15.7 Å². The molecular weight excluding hydrogens is 258 g/mol. The van der Waals surface area contributed by atoms with Crippen LogP contribution in [-0.2, 0) is 13.0 Å². The number of aryl methyl sites for hydroxylation is 2. The van der Waals surface area contributed by atoms with Gasteiger partial charge in [0.25, 0.3) is 0 Å². The lowest BCUT2D eigenvalue weighted by atomic mass is 10.1. The van der Waals surface area contributed by atoms with Gasteiger partial charge in [0.15, 0.2) is 5.82 Å². The summed E-state index contributed by atoms with van der Waals surface area (Å²) in [5, 5.41) is 19.2. The fourth-order valence-corrected chi connectivity index (χ4v) is 2.35. The largest absolute Gasteiger partial charge is 0.394 e. The van der Waals surface area contributed by atoms with Crippen LogP contribution in [0.15, 0.2) is 0 Å². The summed E-state index contributed by atoms with van der Waals surface area (Å²) in [5.74, 6) is 1.65. The first kappa shape index (κ1) is 14.8. The van der Waals surface area contributed by atoms with Gasteiger partial charge in [0.2, 0.25) is 0 Å². The molecule has 0 saturated heterocycles. The molecule has 1 aliphatic rings. The number of aliphatic hydroxyl groups excluding tert-OH is 1. The minimum Gasteiger partial charge on any atom is -0.394 e. The molecule has 1 aliphatic heterocycles. The summed E-state index contributed by atoms with van der Waals surface area (Å²) in [6.45, 7) is 4.75. The first-order valence-electron chi connectivity index (χ1n) is 7.29. The molecule has 3 N–H and O–H groups in total. The minimum absolute atomic E-state index is 0.0508. The van der Waals surface area contributed by atoms with Gasteiger partial charge in [0.05, 0.1) is 18.7 Å². The van der Waals surface area contributed by atoms with Gasteiger partial charge in [-0.1, -0.05) is 13.8 Å². The molecule has 2 amide bonds. The SMILES string of the molecule is CCc1nc2n(n1)CCCC2NC(=O)NC(CC)CO. The molecule has 0 aliphatic carbocycles. The Labute approximate surface area is 118 Å². The third-order valence-electron chi connectivity index (χ3n) is 3.59. The molecule has 1 aromatic heterocycles. The van der Waals surface area contributed by atoms with Crippen LogP contribution < -0.4 is 10.6 Å². The average Bonchev–Trinajstić information content (AvgIpc) is 2.89. The molecule has 2 heterocycles. The number of carbonyl (C=O) groups is 1. The Hall–Kier alpha value is -1.63. The van der Waals surface area contributed by atoms with Crippen LogP contribution in [0.1, 0.15) is 50.8 Å². The molecule has 2 rings (SSSR count). The van der Waals surface area contributed by atoms with Crippen molar-refractivity contribution in [1.29, 1.82) is 0 Å². The monoisotopic (exact) mass is 281 g/mol. The number of nitrogens with one attached hydrogen (secondary N) is 2. The van der Waals surface area contributed by atoms with E-state index >= 15 is 0 Å².